The van der Waals surface area contributed by atoms with E-state index in [2.05, 4.69) is 40.7 Å². The minimum Gasteiger partial charge on any atom is -0.479 e. The number of aliphatic carboxylic acids is 1. The number of hydrogen-bond donors (Lipinski definition) is 4. The van der Waals surface area contributed by atoms with E-state index in [1.54, 1.807) is 18.6 Å². The van der Waals surface area contributed by atoms with E-state index in [0.717, 1.165) is 44.5 Å². The molecule has 61 heavy (non-hydrogen) atoms. The number of carbonyl (C=O) groups is 4. The number of benzene rings is 2. The average Bonchev–Trinajstić information content (AvgIpc) is 3.17. The van der Waals surface area contributed by atoms with Gasteiger partial charge in [0.05, 0.1) is 27.1 Å². The van der Waals surface area contributed by atoms with E-state index in [-0.39, 0.29) is 62.7 Å². The van der Waals surface area contributed by atoms with Crippen molar-refractivity contribution < 1.29 is 44.0 Å². The molecule has 0 radical (unpaired) electrons. The molecule has 2 aromatic heterocycles. The van der Waals surface area contributed by atoms with Gasteiger partial charge in [-0.1, -0.05) is 71.5 Å². The van der Waals surface area contributed by atoms with Crippen LogP contribution >= 0.6 is 12.4 Å². The number of aryl methyl sites for hydroxylation is 4. The third kappa shape index (κ3) is 18.7. The highest BCUT2D eigenvalue weighted by Gasteiger charge is 2.25. The van der Waals surface area contributed by atoms with Crippen LogP contribution in [0, 0.1) is 39.5 Å². The number of ether oxygens (including phenoxy) is 2. The summed E-state index contributed by atoms with van der Waals surface area (Å²) in [6.45, 7) is 15.9. The van der Waals surface area contributed by atoms with Crippen LogP contribution in [0.2, 0.25) is 0 Å². The molecule has 0 saturated heterocycles. The Morgan fingerprint density at radius 1 is 0.639 bits per heavy atom. The van der Waals surface area contributed by atoms with Crippen molar-refractivity contribution in [1.29, 1.82) is 0 Å². The lowest BCUT2D eigenvalue weighted by atomic mass is 9.87. The van der Waals surface area contributed by atoms with Gasteiger partial charge in [-0.2, -0.15) is 0 Å². The Morgan fingerprint density at radius 3 is 1.43 bits per heavy atom. The van der Waals surface area contributed by atoms with Crippen LogP contribution in [-0.4, -0.2) is 75.4 Å². The van der Waals surface area contributed by atoms with Crippen molar-refractivity contribution in [2.24, 2.45) is 17.6 Å². The molecule has 2 aromatic carbocycles. The molecule has 0 saturated carbocycles. The number of carboxylic acid groups (broad SMARTS) is 1. The SMILES string of the molecule is C.CC(C)C[C@@H](O)C(=O)O.COC(=O)C[C@H](CC(=O)[C@H](O)CC(C)C)c1cncc(-c2c(C)cccc2C)c1.COC(=O)C[C@H](N)c1cncc(-c2c(C)cccc2C)c1.Cl. The molecule has 5 N–H and O–H groups in total. The Kier molecular flexibility index (Phi) is 25.5. The number of aromatic nitrogens is 2. The lowest BCUT2D eigenvalue weighted by Crippen LogP contribution is -2.25. The number of carbonyl (C=O) groups excluding carboxylic acids is 3. The Morgan fingerprint density at radius 2 is 1.03 bits per heavy atom. The normalized spacial score (nSPS) is 12.4. The fourth-order valence-electron chi connectivity index (χ4n) is 6.63. The van der Waals surface area contributed by atoms with E-state index in [0.29, 0.717) is 12.8 Å². The summed E-state index contributed by atoms with van der Waals surface area (Å²) in [4.78, 5) is 54.5. The third-order valence-corrected chi connectivity index (χ3v) is 9.71. The van der Waals surface area contributed by atoms with Gasteiger partial charge >= 0.3 is 17.9 Å². The zero-order chi connectivity index (χ0) is 44.4. The average molecular weight is 867 g/mol. The summed E-state index contributed by atoms with van der Waals surface area (Å²) in [6.07, 6.45) is 5.81. The number of methoxy groups -OCH3 is 2. The lowest BCUT2D eigenvalue weighted by Gasteiger charge is -2.19. The second-order valence-corrected chi connectivity index (χ2v) is 15.7. The van der Waals surface area contributed by atoms with Crippen molar-refractivity contribution in [3.8, 4) is 22.3 Å². The predicted octanol–water partition coefficient (Wildman–Crippen LogP) is 8.84. The van der Waals surface area contributed by atoms with Crippen LogP contribution < -0.4 is 5.73 Å². The molecule has 4 rings (SSSR count). The molecule has 4 aromatic rings. The number of aliphatic hydroxyl groups excluding tert-OH is 2. The second kappa shape index (κ2) is 27.8. The quantitative estimate of drug-likeness (QED) is 0.0782. The van der Waals surface area contributed by atoms with Crippen molar-refractivity contribution in [3.05, 3.63) is 107 Å². The van der Waals surface area contributed by atoms with Gasteiger partial charge in [0.15, 0.2) is 11.9 Å². The van der Waals surface area contributed by atoms with Gasteiger partial charge in [-0.05, 0) is 109 Å². The summed E-state index contributed by atoms with van der Waals surface area (Å²) < 4.78 is 9.48. The van der Waals surface area contributed by atoms with Crippen LogP contribution in [0.1, 0.15) is 113 Å². The number of esters is 2. The first kappa shape index (κ1) is 56.0. The second-order valence-electron chi connectivity index (χ2n) is 15.7. The molecule has 2 heterocycles. The monoisotopic (exact) mass is 865 g/mol. The van der Waals surface area contributed by atoms with Crippen molar-refractivity contribution in [2.75, 3.05) is 14.2 Å². The number of pyridine rings is 2. The smallest absolute Gasteiger partial charge is 0.332 e. The first-order chi connectivity index (χ1) is 27.8. The van der Waals surface area contributed by atoms with Crippen molar-refractivity contribution in [1.82, 2.24) is 9.97 Å². The number of rotatable bonds is 16. The minimum atomic E-state index is -1.19. The first-order valence-electron chi connectivity index (χ1n) is 19.8. The molecule has 0 aliphatic heterocycles. The van der Waals surface area contributed by atoms with Crippen LogP contribution in [0.25, 0.3) is 22.3 Å². The lowest BCUT2D eigenvalue weighted by molar-refractivity contribution is -0.147. The molecule has 0 bridgehead atoms. The van der Waals surface area contributed by atoms with Crippen molar-refractivity contribution in [3.63, 3.8) is 0 Å². The molecular weight excluding hydrogens is 798 g/mol. The zero-order valence-electron chi connectivity index (χ0n) is 36.6. The maximum Gasteiger partial charge on any atom is 0.332 e. The Labute approximate surface area is 368 Å². The number of hydrogen-bond acceptors (Lipinski definition) is 11. The highest BCUT2D eigenvalue weighted by molar-refractivity contribution is 5.85. The van der Waals surface area contributed by atoms with Crippen molar-refractivity contribution in [2.45, 2.75) is 119 Å². The maximum atomic E-state index is 12.6. The summed E-state index contributed by atoms with van der Waals surface area (Å²) >= 11 is 0. The summed E-state index contributed by atoms with van der Waals surface area (Å²) in [5.74, 6) is -2.06. The number of nitrogens with zero attached hydrogens (tertiary/aromatic N) is 2. The Balaban J connectivity index is 0.000000985. The number of halogens is 1. The summed E-state index contributed by atoms with van der Waals surface area (Å²) in [7, 11) is 2.70. The molecule has 0 amide bonds. The van der Waals surface area contributed by atoms with Gasteiger partial charge < -0.3 is 30.5 Å². The van der Waals surface area contributed by atoms with Crippen LogP contribution in [-0.2, 0) is 28.7 Å². The molecule has 4 atom stereocenters. The van der Waals surface area contributed by atoms with E-state index in [9.17, 15) is 24.3 Å². The largest absolute Gasteiger partial charge is 0.479 e. The molecule has 0 aliphatic rings. The number of aliphatic hydroxyl groups is 2. The van der Waals surface area contributed by atoms with Gasteiger partial charge in [0, 0.05) is 54.3 Å². The summed E-state index contributed by atoms with van der Waals surface area (Å²) in [5.41, 5.74) is 16.6. The highest BCUT2D eigenvalue weighted by atomic mass is 35.5. The van der Waals surface area contributed by atoms with Gasteiger partial charge in [0.25, 0.3) is 0 Å². The molecular formula is C48H68ClN3O9. The van der Waals surface area contributed by atoms with E-state index >= 15 is 0 Å². The van der Waals surface area contributed by atoms with Gasteiger partial charge in [-0.25, -0.2) is 4.79 Å². The molecule has 0 spiro atoms. The van der Waals surface area contributed by atoms with E-state index in [1.807, 2.05) is 84.1 Å². The molecule has 13 heteroatoms. The maximum absolute atomic E-state index is 12.6. The summed E-state index contributed by atoms with van der Waals surface area (Å²) in [5, 5.41) is 27.1. The predicted molar refractivity (Wildman–Crippen MR) is 243 cm³/mol. The fraction of sp³-hybridized carbons (Fsp3) is 0.458. The van der Waals surface area contributed by atoms with Gasteiger partial charge in [0.2, 0.25) is 0 Å². The van der Waals surface area contributed by atoms with Crippen LogP contribution in [0.3, 0.4) is 0 Å². The number of ketones is 1. The van der Waals surface area contributed by atoms with E-state index < -0.39 is 36.1 Å². The molecule has 0 unspecified atom stereocenters. The van der Waals surface area contributed by atoms with Crippen LogP contribution in [0.15, 0.2) is 73.3 Å². The van der Waals surface area contributed by atoms with E-state index in [1.165, 1.54) is 25.3 Å². The van der Waals surface area contributed by atoms with Crippen LogP contribution in [0.5, 0.6) is 0 Å². The number of nitrogens with two attached hydrogens (primary N) is 1. The standard InChI is InChI=1S/C24H31NO4.C17H20N2O2.C6H12O3.CH4.ClH/c1-15(2)9-21(26)22(27)11-18(12-23(28)29-5)19-10-20(14-25-13-19)24-16(3)7-6-8-17(24)4;1-11-5-4-6-12(2)17(11)14-7-13(9-19-10-14)15(18)8-16(20)21-3;1-4(2)3-5(7)6(8)9;;/h6-8,10,13-15,18,21,26H,9,11-12H2,1-5H3;4-7,9-10,15H,8,18H2,1-3H3;4-5,7H,3H2,1-2H3,(H,8,9);1H4;1H/t18-,21+;15-;5-;;/m001../s1. The number of carboxylic acids is 1. The first-order valence-corrected chi connectivity index (χ1v) is 19.8. The molecule has 12 nitrogen and oxygen atoms in total. The third-order valence-electron chi connectivity index (χ3n) is 9.71. The van der Waals surface area contributed by atoms with Gasteiger partial charge in [-0.15, -0.1) is 12.4 Å². The van der Waals surface area contributed by atoms with E-state index in [4.69, 9.17) is 20.7 Å². The van der Waals surface area contributed by atoms with Crippen molar-refractivity contribution >= 4 is 36.1 Å². The van der Waals surface area contributed by atoms with Crippen LogP contribution in [0.4, 0.5) is 0 Å². The summed E-state index contributed by atoms with van der Waals surface area (Å²) in [6, 6.07) is 15.9. The topological polar surface area (TPSA) is 199 Å². The molecule has 0 fully saturated rings. The Hall–Kier alpha value is -5.01. The number of Topliss-reactive ketones (excluding diaryl/α,β-unsaturated/α-hetero) is 1. The highest BCUT2D eigenvalue weighted by Crippen LogP contribution is 2.32. The van der Waals surface area contributed by atoms with Gasteiger partial charge in [0.1, 0.15) is 6.10 Å². The minimum absolute atomic E-state index is 0. The molecule has 336 valence electrons. The fourth-order valence-corrected chi connectivity index (χ4v) is 6.63. The zero-order valence-corrected chi connectivity index (χ0v) is 37.4. The molecule has 0 aliphatic carbocycles. The Bertz CT molecular complexity index is 1960. The van der Waals surface area contributed by atoms with Gasteiger partial charge in [-0.3, -0.25) is 24.4 Å².